The van der Waals surface area contributed by atoms with Crippen LogP contribution in [0.4, 0.5) is 0 Å². The lowest BCUT2D eigenvalue weighted by molar-refractivity contribution is 1.28. The van der Waals surface area contributed by atoms with Crippen molar-refractivity contribution in [1.82, 2.24) is 0 Å². The molecule has 0 nitrogen and oxygen atoms in total. The Kier molecular flexibility index (Phi) is 5.15. The number of hydrogen-bond acceptors (Lipinski definition) is 0. The van der Waals surface area contributed by atoms with E-state index in [9.17, 15) is 0 Å². The van der Waals surface area contributed by atoms with E-state index in [1.807, 2.05) is 6.08 Å². The molecule has 0 heterocycles. The molecular weight excluding hydrogens is 259 g/mol. The third kappa shape index (κ3) is 3.02. The van der Waals surface area contributed by atoms with Gasteiger partial charge in [-0.25, -0.2) is 0 Å². The standard InChI is InChI=1S/C19H24P/c1-4-18-14-10-11-15-19(18)20(5-2,6-3)16-17-12-8-7-9-13-17/h4,7-15H,1,5-6,16H2,2-3H3/q+1. The second-order valence-corrected chi connectivity index (χ2v) is 9.54. The Labute approximate surface area is 123 Å². The van der Waals surface area contributed by atoms with E-state index in [1.54, 1.807) is 5.30 Å². The monoisotopic (exact) mass is 283 g/mol. The van der Waals surface area contributed by atoms with Crippen LogP contribution < -0.4 is 5.30 Å². The average molecular weight is 283 g/mol. The maximum atomic E-state index is 4.00. The first kappa shape index (κ1) is 15.0. The second-order valence-electron chi connectivity index (χ2n) is 5.18. The van der Waals surface area contributed by atoms with Crippen molar-refractivity contribution in [3.63, 3.8) is 0 Å². The molecule has 0 aliphatic rings. The fraction of sp³-hybridized carbons (Fsp3) is 0.263. The minimum Gasteiger partial charge on any atom is -0.0983 e. The molecule has 0 spiro atoms. The molecule has 2 rings (SSSR count). The zero-order valence-electron chi connectivity index (χ0n) is 12.5. The van der Waals surface area contributed by atoms with Crippen molar-refractivity contribution in [3.8, 4) is 0 Å². The van der Waals surface area contributed by atoms with Crippen LogP contribution in [0.5, 0.6) is 0 Å². The average Bonchev–Trinajstić information content (AvgIpc) is 2.54. The van der Waals surface area contributed by atoms with Gasteiger partial charge in [-0.3, -0.25) is 0 Å². The fourth-order valence-corrected chi connectivity index (χ4v) is 6.67. The molecular formula is C19H24P+. The Morgan fingerprint density at radius 2 is 1.50 bits per heavy atom. The van der Waals surface area contributed by atoms with Crippen molar-refractivity contribution in [3.05, 3.63) is 72.3 Å². The minimum absolute atomic E-state index is 1.16. The van der Waals surface area contributed by atoms with Crippen LogP contribution >= 0.6 is 7.26 Å². The first-order valence-corrected chi connectivity index (χ1v) is 9.72. The maximum absolute atomic E-state index is 4.00. The topological polar surface area (TPSA) is 0 Å². The van der Waals surface area contributed by atoms with Crippen molar-refractivity contribution in [1.29, 1.82) is 0 Å². The molecule has 0 bridgehead atoms. The van der Waals surface area contributed by atoms with E-state index in [0.717, 1.165) is 0 Å². The summed E-state index contributed by atoms with van der Waals surface area (Å²) in [4.78, 5) is 0. The van der Waals surface area contributed by atoms with Gasteiger partial charge in [0.05, 0.1) is 25.7 Å². The van der Waals surface area contributed by atoms with Gasteiger partial charge in [-0.1, -0.05) is 61.2 Å². The van der Waals surface area contributed by atoms with E-state index in [2.05, 4.69) is 75.0 Å². The summed E-state index contributed by atoms with van der Waals surface area (Å²) >= 11 is 0. The molecule has 0 saturated heterocycles. The highest BCUT2D eigenvalue weighted by Gasteiger charge is 2.37. The summed E-state index contributed by atoms with van der Waals surface area (Å²) in [5, 5.41) is 1.55. The zero-order chi connectivity index (χ0) is 14.4. The highest BCUT2D eigenvalue weighted by Crippen LogP contribution is 2.60. The molecule has 0 N–H and O–H groups in total. The minimum atomic E-state index is -1.16. The molecule has 1 heteroatoms. The molecule has 2 aromatic rings. The highest BCUT2D eigenvalue weighted by molar-refractivity contribution is 7.82. The van der Waals surface area contributed by atoms with E-state index < -0.39 is 7.26 Å². The molecule has 0 amide bonds. The smallest absolute Gasteiger partial charge is 0.0983 e. The Bertz CT molecular complexity index is 553. The largest absolute Gasteiger partial charge is 0.101 e. The van der Waals surface area contributed by atoms with E-state index in [-0.39, 0.29) is 0 Å². The molecule has 0 atom stereocenters. The van der Waals surface area contributed by atoms with Crippen LogP contribution in [0.3, 0.4) is 0 Å². The van der Waals surface area contributed by atoms with E-state index in [0.29, 0.717) is 0 Å². The van der Waals surface area contributed by atoms with Gasteiger partial charge in [-0.2, -0.15) is 0 Å². The quantitative estimate of drug-likeness (QED) is 0.638. The third-order valence-electron chi connectivity index (χ3n) is 4.21. The zero-order valence-corrected chi connectivity index (χ0v) is 13.4. The molecule has 0 aliphatic carbocycles. The molecule has 104 valence electrons. The molecule has 0 unspecified atom stereocenters. The lowest BCUT2D eigenvalue weighted by Crippen LogP contribution is -2.20. The SMILES string of the molecule is C=Cc1ccccc1[P+](CC)(CC)Cc1ccccc1. The Hall–Kier alpha value is -1.39. The van der Waals surface area contributed by atoms with Crippen LogP contribution in [-0.4, -0.2) is 12.3 Å². The summed E-state index contributed by atoms with van der Waals surface area (Å²) < 4.78 is 0. The number of rotatable bonds is 6. The highest BCUT2D eigenvalue weighted by atomic mass is 31.2. The van der Waals surface area contributed by atoms with Crippen LogP contribution in [0.25, 0.3) is 6.08 Å². The second kappa shape index (κ2) is 6.86. The van der Waals surface area contributed by atoms with Gasteiger partial charge in [-0.05, 0) is 25.5 Å². The van der Waals surface area contributed by atoms with Gasteiger partial charge in [-0.15, -0.1) is 0 Å². The van der Waals surface area contributed by atoms with Crippen molar-refractivity contribution in [2.24, 2.45) is 0 Å². The molecule has 0 aromatic heterocycles. The summed E-state index contributed by atoms with van der Waals surface area (Å²) in [6.07, 6.45) is 5.72. The molecule has 0 radical (unpaired) electrons. The molecule has 2 aromatic carbocycles. The predicted octanol–water partition coefficient (Wildman–Crippen LogP) is 5.21. The first-order chi connectivity index (χ1) is 9.75. The van der Waals surface area contributed by atoms with Crippen LogP contribution in [0.1, 0.15) is 25.0 Å². The maximum Gasteiger partial charge on any atom is 0.101 e. The van der Waals surface area contributed by atoms with Gasteiger partial charge in [0.2, 0.25) is 0 Å². The third-order valence-corrected chi connectivity index (χ3v) is 9.03. The van der Waals surface area contributed by atoms with E-state index in [4.69, 9.17) is 0 Å². The summed E-state index contributed by atoms with van der Waals surface area (Å²) in [6, 6.07) is 19.7. The summed E-state index contributed by atoms with van der Waals surface area (Å²) in [6.45, 7) is 8.69. The van der Waals surface area contributed by atoms with Crippen molar-refractivity contribution >= 4 is 18.6 Å². The summed E-state index contributed by atoms with van der Waals surface area (Å²) in [7, 11) is -1.16. The van der Waals surface area contributed by atoms with Crippen molar-refractivity contribution in [2.45, 2.75) is 20.0 Å². The van der Waals surface area contributed by atoms with Gasteiger partial charge >= 0.3 is 0 Å². The Balaban J connectivity index is 2.46. The van der Waals surface area contributed by atoms with Gasteiger partial charge in [0.25, 0.3) is 0 Å². The van der Waals surface area contributed by atoms with Crippen LogP contribution in [-0.2, 0) is 6.16 Å². The Morgan fingerprint density at radius 3 is 2.10 bits per heavy atom. The molecule has 0 fully saturated rings. The summed E-state index contributed by atoms with van der Waals surface area (Å²) in [5.41, 5.74) is 2.78. The van der Waals surface area contributed by atoms with Gasteiger partial charge in [0.1, 0.15) is 5.30 Å². The molecule has 20 heavy (non-hydrogen) atoms. The van der Waals surface area contributed by atoms with Gasteiger partial charge < -0.3 is 0 Å². The molecule has 0 aliphatic heterocycles. The lowest BCUT2D eigenvalue weighted by Gasteiger charge is -2.26. The normalized spacial score (nSPS) is 11.3. The first-order valence-electron chi connectivity index (χ1n) is 7.38. The van der Waals surface area contributed by atoms with Crippen LogP contribution in [0, 0.1) is 0 Å². The number of hydrogen-bond donors (Lipinski definition) is 0. The van der Waals surface area contributed by atoms with Crippen LogP contribution in [0.15, 0.2) is 61.2 Å². The van der Waals surface area contributed by atoms with Gasteiger partial charge in [0, 0.05) is 5.56 Å². The van der Waals surface area contributed by atoms with Crippen LogP contribution in [0.2, 0.25) is 0 Å². The number of benzene rings is 2. The van der Waals surface area contributed by atoms with E-state index in [1.165, 1.54) is 29.6 Å². The fourth-order valence-electron chi connectivity index (χ4n) is 2.90. The summed E-state index contributed by atoms with van der Waals surface area (Å²) in [5.74, 6) is 0. The lowest BCUT2D eigenvalue weighted by atomic mass is 10.2. The van der Waals surface area contributed by atoms with Crippen molar-refractivity contribution < 1.29 is 0 Å². The van der Waals surface area contributed by atoms with Crippen molar-refractivity contribution in [2.75, 3.05) is 12.3 Å². The molecule has 0 saturated carbocycles. The van der Waals surface area contributed by atoms with Gasteiger partial charge in [0.15, 0.2) is 0 Å². The van der Waals surface area contributed by atoms with E-state index >= 15 is 0 Å². The Morgan fingerprint density at radius 1 is 0.900 bits per heavy atom. The predicted molar refractivity (Wildman–Crippen MR) is 94.3 cm³/mol.